The van der Waals surface area contributed by atoms with E-state index in [0.29, 0.717) is 22.2 Å². The lowest BCUT2D eigenvalue weighted by Crippen LogP contribution is -2.26. The van der Waals surface area contributed by atoms with Gasteiger partial charge in [-0.3, -0.25) is 4.79 Å². The number of amides is 1. The van der Waals surface area contributed by atoms with Crippen molar-refractivity contribution in [2.24, 2.45) is 0 Å². The molecule has 0 spiro atoms. The largest absolute Gasteiger partial charge is 0.456 e. The lowest BCUT2D eigenvalue weighted by atomic mass is 10.2. The first-order valence-corrected chi connectivity index (χ1v) is 7.66. The molecule has 1 aliphatic rings. The minimum Gasteiger partial charge on any atom is -0.456 e. The molecule has 0 bridgehead atoms. The number of benzene rings is 1. The number of carbonyl (C=O) groups excluding carboxylic acids is 2. The van der Waals surface area contributed by atoms with Gasteiger partial charge in [-0.25, -0.2) is 9.48 Å². The van der Waals surface area contributed by atoms with Gasteiger partial charge in [0.1, 0.15) is 11.8 Å². The van der Waals surface area contributed by atoms with Crippen LogP contribution in [0, 0.1) is 0 Å². The molecule has 1 aliphatic heterocycles. The zero-order chi connectivity index (χ0) is 18.1. The summed E-state index contributed by atoms with van der Waals surface area (Å²) in [6.07, 6.45) is 0.399. The monoisotopic (exact) mass is 342 g/mol. The number of carbonyl (C=O) groups is 2. The van der Waals surface area contributed by atoms with Crippen molar-refractivity contribution in [3.8, 4) is 0 Å². The van der Waals surface area contributed by atoms with Crippen molar-refractivity contribution < 1.29 is 19.1 Å². The average Bonchev–Trinajstić information content (AvgIpc) is 3.12. The molecule has 0 N–H and O–H groups in total. The Kier molecular flexibility index (Phi) is 4.26. The van der Waals surface area contributed by atoms with Crippen LogP contribution in [-0.4, -0.2) is 52.2 Å². The van der Waals surface area contributed by atoms with E-state index in [1.165, 1.54) is 15.8 Å². The predicted octanol–water partition coefficient (Wildman–Crippen LogP) is 1.55. The smallest absolute Gasteiger partial charge is 0.337 e. The number of hydrogen-bond acceptors (Lipinski definition) is 6. The van der Waals surface area contributed by atoms with Crippen molar-refractivity contribution in [1.29, 1.82) is 0 Å². The fourth-order valence-corrected chi connectivity index (χ4v) is 2.33. The minimum absolute atomic E-state index is 0.159. The summed E-state index contributed by atoms with van der Waals surface area (Å²) in [6, 6.07) is 7.27. The van der Waals surface area contributed by atoms with Crippen molar-refractivity contribution >= 4 is 28.6 Å². The number of esters is 1. The van der Waals surface area contributed by atoms with E-state index in [1.54, 1.807) is 40.1 Å². The summed E-state index contributed by atoms with van der Waals surface area (Å²) in [5.41, 5.74) is 2.65. The Morgan fingerprint density at radius 3 is 2.68 bits per heavy atom. The van der Waals surface area contributed by atoms with Gasteiger partial charge in [-0.05, 0) is 26.0 Å². The van der Waals surface area contributed by atoms with E-state index < -0.39 is 12.3 Å². The highest BCUT2D eigenvalue weighted by molar-refractivity contribution is 6.14. The van der Waals surface area contributed by atoms with Gasteiger partial charge in [0, 0.05) is 25.2 Å². The molecule has 0 saturated heterocycles. The van der Waals surface area contributed by atoms with E-state index in [1.807, 2.05) is 12.1 Å². The Morgan fingerprint density at radius 1 is 1.32 bits per heavy atom. The summed E-state index contributed by atoms with van der Waals surface area (Å²) in [5.74, 6) is -0.749. The number of ether oxygens (including phenoxy) is 2. The van der Waals surface area contributed by atoms with Gasteiger partial charge in [-0.2, -0.15) is 0 Å². The molecule has 2 aromatic rings. The van der Waals surface area contributed by atoms with Gasteiger partial charge in [0.05, 0.1) is 5.52 Å². The summed E-state index contributed by atoms with van der Waals surface area (Å²) < 4.78 is 12.1. The highest BCUT2D eigenvalue weighted by Crippen LogP contribution is 2.24. The molecule has 0 radical (unpaired) electrons. The molecule has 1 unspecified atom stereocenters. The molecule has 3 rings (SSSR count). The topological polar surface area (TPSA) is 86.6 Å². The maximum Gasteiger partial charge on any atom is 0.337 e. The minimum atomic E-state index is -0.854. The second kappa shape index (κ2) is 6.39. The van der Waals surface area contributed by atoms with Crippen LogP contribution in [0.25, 0.3) is 16.7 Å². The molecule has 0 fully saturated rings. The standard InChI is InChI=1S/C17H18N4O4/c1-10-11(2)17(25-16(10)23)24-9-14(15(22)20(3)4)21-13-8-6-5-7-12(13)18-19-21/h5-9,17H,1-4H3/b14-9-. The molecule has 0 saturated carbocycles. The van der Waals surface area contributed by atoms with E-state index in [4.69, 9.17) is 9.47 Å². The average molecular weight is 342 g/mol. The molecule has 1 amide bonds. The highest BCUT2D eigenvalue weighted by atomic mass is 16.7. The van der Waals surface area contributed by atoms with E-state index in [2.05, 4.69) is 10.3 Å². The first-order valence-electron chi connectivity index (χ1n) is 7.66. The summed E-state index contributed by atoms with van der Waals surface area (Å²) in [6.45, 7) is 3.42. The molecule has 8 nitrogen and oxygen atoms in total. The van der Waals surface area contributed by atoms with Gasteiger partial charge in [-0.1, -0.05) is 17.3 Å². The quantitative estimate of drug-likeness (QED) is 0.476. The maximum atomic E-state index is 12.6. The fourth-order valence-electron chi connectivity index (χ4n) is 2.33. The molecular weight excluding hydrogens is 324 g/mol. The van der Waals surface area contributed by atoms with Crippen LogP contribution in [0.5, 0.6) is 0 Å². The van der Waals surface area contributed by atoms with Gasteiger partial charge >= 0.3 is 5.97 Å². The lowest BCUT2D eigenvalue weighted by Gasteiger charge is -2.16. The summed E-state index contributed by atoms with van der Waals surface area (Å²) in [5, 5.41) is 8.10. The Bertz CT molecular complexity index is 910. The van der Waals surface area contributed by atoms with Gasteiger partial charge in [-0.15, -0.1) is 5.10 Å². The van der Waals surface area contributed by atoms with E-state index in [-0.39, 0.29) is 11.6 Å². The summed E-state index contributed by atoms with van der Waals surface area (Å²) >= 11 is 0. The molecule has 25 heavy (non-hydrogen) atoms. The van der Waals surface area contributed by atoms with Gasteiger partial charge in [0.25, 0.3) is 12.2 Å². The Morgan fingerprint density at radius 2 is 2.04 bits per heavy atom. The van der Waals surface area contributed by atoms with Crippen molar-refractivity contribution in [2.75, 3.05) is 14.1 Å². The maximum absolute atomic E-state index is 12.6. The second-order valence-corrected chi connectivity index (χ2v) is 5.87. The van der Waals surface area contributed by atoms with Crippen LogP contribution in [0.2, 0.25) is 0 Å². The molecule has 0 aliphatic carbocycles. The van der Waals surface area contributed by atoms with Crippen molar-refractivity contribution in [2.45, 2.75) is 20.1 Å². The molecular formula is C17H18N4O4. The van der Waals surface area contributed by atoms with Crippen molar-refractivity contribution in [1.82, 2.24) is 19.9 Å². The number of fused-ring (bicyclic) bond motifs is 1. The molecule has 1 aromatic heterocycles. The third kappa shape index (κ3) is 2.98. The molecule has 1 atom stereocenters. The van der Waals surface area contributed by atoms with Crippen LogP contribution in [-0.2, 0) is 19.1 Å². The number of hydrogen-bond donors (Lipinski definition) is 0. The van der Waals surface area contributed by atoms with E-state index in [0.717, 1.165) is 0 Å². The second-order valence-electron chi connectivity index (χ2n) is 5.87. The molecule has 2 heterocycles. The van der Waals surface area contributed by atoms with Crippen molar-refractivity contribution in [3.63, 3.8) is 0 Å². The molecule has 130 valence electrons. The number of para-hydroxylation sites is 1. The Hall–Kier alpha value is -3.16. The van der Waals surface area contributed by atoms with E-state index in [9.17, 15) is 9.59 Å². The zero-order valence-electron chi connectivity index (χ0n) is 14.4. The van der Waals surface area contributed by atoms with Crippen LogP contribution in [0.15, 0.2) is 41.7 Å². The highest BCUT2D eigenvalue weighted by Gasteiger charge is 2.30. The lowest BCUT2D eigenvalue weighted by molar-refractivity contribution is -0.152. The first kappa shape index (κ1) is 16.7. The van der Waals surface area contributed by atoms with Gasteiger partial charge in [0.2, 0.25) is 0 Å². The number of cyclic esters (lactones) is 1. The van der Waals surface area contributed by atoms with Crippen LogP contribution >= 0.6 is 0 Å². The Labute approximate surface area is 144 Å². The van der Waals surface area contributed by atoms with Crippen LogP contribution in [0.3, 0.4) is 0 Å². The van der Waals surface area contributed by atoms with Gasteiger partial charge in [0.15, 0.2) is 5.70 Å². The third-order valence-corrected chi connectivity index (χ3v) is 3.97. The summed E-state index contributed by atoms with van der Waals surface area (Å²) in [4.78, 5) is 25.6. The number of nitrogens with zero attached hydrogens (tertiary/aromatic N) is 4. The predicted molar refractivity (Wildman–Crippen MR) is 89.8 cm³/mol. The van der Waals surface area contributed by atoms with Crippen LogP contribution in [0.1, 0.15) is 13.8 Å². The molecule has 1 aromatic carbocycles. The van der Waals surface area contributed by atoms with Crippen LogP contribution < -0.4 is 0 Å². The normalized spacial score (nSPS) is 17.8. The van der Waals surface area contributed by atoms with Crippen molar-refractivity contribution in [3.05, 3.63) is 41.7 Å². The molecule has 8 heteroatoms. The Balaban J connectivity index is 1.99. The number of rotatable bonds is 4. The SMILES string of the molecule is CC1=C(C)C(O/C=C(/C(=O)N(C)C)n2nnc3ccccc32)OC1=O. The van der Waals surface area contributed by atoms with Crippen LogP contribution in [0.4, 0.5) is 0 Å². The zero-order valence-corrected chi connectivity index (χ0v) is 14.4. The number of likely N-dealkylation sites (N-methyl/N-ethyl adjacent to an activating group) is 1. The number of aromatic nitrogens is 3. The van der Waals surface area contributed by atoms with E-state index >= 15 is 0 Å². The third-order valence-electron chi connectivity index (χ3n) is 3.97. The fraction of sp³-hybridized carbons (Fsp3) is 0.294. The summed E-state index contributed by atoms with van der Waals surface area (Å²) in [7, 11) is 3.25. The van der Waals surface area contributed by atoms with Gasteiger partial charge < -0.3 is 14.4 Å². The first-order chi connectivity index (χ1) is 11.9.